The van der Waals surface area contributed by atoms with Gasteiger partial charge in [0.15, 0.2) is 5.71 Å². The van der Waals surface area contributed by atoms with Crippen LogP contribution in [-0.4, -0.2) is 27.9 Å². The Labute approximate surface area is 232 Å². The summed E-state index contributed by atoms with van der Waals surface area (Å²) in [5.74, 6) is -1.28. The monoisotopic (exact) mass is 541 g/mol. The molecule has 1 atom stereocenters. The van der Waals surface area contributed by atoms with Gasteiger partial charge >= 0.3 is 5.91 Å². The molecule has 206 valence electrons. The molecule has 1 unspecified atom stereocenters. The first kappa shape index (κ1) is 27.4. The van der Waals surface area contributed by atoms with Gasteiger partial charge in [0.25, 0.3) is 11.6 Å². The van der Waals surface area contributed by atoms with E-state index in [4.69, 9.17) is 17.2 Å². The largest absolute Gasteiger partial charge is 0.364 e. The van der Waals surface area contributed by atoms with Crippen molar-refractivity contribution in [3.63, 3.8) is 0 Å². The Morgan fingerprint density at radius 2 is 1.80 bits per heavy atom. The number of hydrogen-bond acceptors (Lipinski definition) is 5. The minimum absolute atomic E-state index is 0.00783. The Morgan fingerprint density at radius 3 is 2.48 bits per heavy atom. The minimum Gasteiger partial charge on any atom is -0.364 e. The number of rotatable bonds is 10. The average molecular weight is 542 g/mol. The molecule has 0 radical (unpaired) electrons. The lowest BCUT2D eigenvalue weighted by Crippen LogP contribution is -2.38. The lowest BCUT2D eigenvalue weighted by atomic mass is 9.79. The first-order valence-electron chi connectivity index (χ1n) is 13.5. The maximum atomic E-state index is 15.1. The molecule has 0 spiro atoms. The maximum Gasteiger partial charge on any atom is 0.319 e. The number of carbonyl (C=O) groups is 2. The molecule has 1 heterocycles. The van der Waals surface area contributed by atoms with Gasteiger partial charge in [-0.3, -0.25) is 9.59 Å². The van der Waals surface area contributed by atoms with E-state index in [-0.39, 0.29) is 30.1 Å². The molecule has 40 heavy (non-hydrogen) atoms. The predicted octanol–water partition coefficient (Wildman–Crippen LogP) is 3.95. The first-order chi connectivity index (χ1) is 19.2. The van der Waals surface area contributed by atoms with Crippen molar-refractivity contribution in [1.82, 2.24) is 0 Å². The van der Waals surface area contributed by atoms with E-state index in [0.29, 0.717) is 23.6 Å². The summed E-state index contributed by atoms with van der Waals surface area (Å²) in [7, 11) is 0. The van der Waals surface area contributed by atoms with Gasteiger partial charge in [0.2, 0.25) is 5.69 Å². The minimum atomic E-state index is -0.860. The van der Waals surface area contributed by atoms with Crippen LogP contribution in [0.4, 0.5) is 15.8 Å². The highest BCUT2D eigenvalue weighted by atomic mass is 19.1. The molecular weight excluding hydrogens is 507 g/mol. The van der Waals surface area contributed by atoms with Crippen LogP contribution >= 0.6 is 0 Å². The van der Waals surface area contributed by atoms with Gasteiger partial charge in [-0.2, -0.15) is 0 Å². The molecule has 1 aliphatic heterocycles. The van der Waals surface area contributed by atoms with Crippen LogP contribution in [0, 0.1) is 18.7 Å². The number of nitrogens with one attached hydrogen (secondary N) is 1. The molecule has 9 heteroatoms. The molecule has 2 amide bonds. The molecule has 1 aliphatic carbocycles. The zero-order chi connectivity index (χ0) is 28.4. The average Bonchev–Trinajstić information content (AvgIpc) is 3.68. The number of aryl methyl sites for hydroxylation is 1. The summed E-state index contributed by atoms with van der Waals surface area (Å²) in [6.45, 7) is 2.30. The Bertz CT molecular complexity index is 1530. The van der Waals surface area contributed by atoms with E-state index in [0.717, 1.165) is 23.1 Å². The lowest BCUT2D eigenvalue weighted by Gasteiger charge is -2.32. The molecule has 0 saturated heterocycles. The molecule has 0 aromatic heterocycles. The fourth-order valence-corrected chi connectivity index (χ4v) is 5.03. The van der Waals surface area contributed by atoms with Crippen molar-refractivity contribution in [2.75, 3.05) is 5.32 Å². The predicted molar refractivity (Wildman–Crippen MR) is 154 cm³/mol. The molecule has 7 N–H and O–H groups in total. The van der Waals surface area contributed by atoms with E-state index < -0.39 is 23.2 Å². The second-order valence-electron chi connectivity index (χ2n) is 10.7. The molecule has 3 aromatic rings. The SMILES string of the molecule is Cc1ccc(C(N)(CCC2CC2)c2ccc(F)c(NC(=O)C3=[N+](c4cccc(CN)c4)N=C(C(N)=O)C3)c2)cc1. The Hall–Kier alpha value is -4.21. The summed E-state index contributed by atoms with van der Waals surface area (Å²) in [4.78, 5) is 25.5. The number of nitrogens with two attached hydrogens (primary N) is 3. The Balaban J connectivity index is 1.49. The van der Waals surface area contributed by atoms with Crippen molar-refractivity contribution in [2.24, 2.45) is 28.2 Å². The maximum absolute atomic E-state index is 15.1. The number of halogens is 1. The van der Waals surface area contributed by atoms with E-state index >= 15 is 4.39 Å². The zero-order valence-corrected chi connectivity index (χ0v) is 22.5. The lowest BCUT2D eigenvalue weighted by molar-refractivity contribution is -0.441. The summed E-state index contributed by atoms with van der Waals surface area (Å²) in [6.07, 6.45) is 3.96. The summed E-state index contributed by atoms with van der Waals surface area (Å²) < 4.78 is 16.5. The molecule has 1 fully saturated rings. The van der Waals surface area contributed by atoms with Crippen molar-refractivity contribution in [3.8, 4) is 0 Å². The van der Waals surface area contributed by atoms with E-state index in [1.807, 2.05) is 37.3 Å². The molecule has 2 aliphatic rings. The third-order valence-corrected chi connectivity index (χ3v) is 7.69. The number of primary amides is 1. The number of carbonyl (C=O) groups excluding carboxylic acids is 2. The third-order valence-electron chi connectivity index (χ3n) is 7.69. The number of amides is 2. The summed E-state index contributed by atoms with van der Waals surface area (Å²) in [5, 5.41) is 6.96. The van der Waals surface area contributed by atoms with Gasteiger partial charge in [-0.1, -0.05) is 60.9 Å². The summed E-state index contributed by atoms with van der Waals surface area (Å²) in [5.41, 5.74) is 21.8. The van der Waals surface area contributed by atoms with Crippen molar-refractivity contribution in [1.29, 1.82) is 0 Å². The van der Waals surface area contributed by atoms with Gasteiger partial charge in [-0.05, 0) is 59.2 Å². The standard InChI is InChI=1S/C31H33FN6O2/c1-19-5-9-22(10-6-19)31(35,14-13-20-7-8-20)23-11-12-25(32)26(16-23)36-30(40)28-17-27(29(34)39)37-38(28)24-4-2-3-21(15-24)18-33/h2-6,9-12,15-16,20H,7-8,13-14,17-18,33,35H2,1H3,(H2-,34,36,39,40)/p+1. The van der Waals surface area contributed by atoms with E-state index in [9.17, 15) is 9.59 Å². The van der Waals surface area contributed by atoms with Gasteiger partial charge in [-0.15, -0.1) is 0 Å². The van der Waals surface area contributed by atoms with E-state index in [1.165, 1.54) is 23.6 Å². The van der Waals surface area contributed by atoms with Crippen LogP contribution in [0.15, 0.2) is 71.8 Å². The fourth-order valence-electron chi connectivity index (χ4n) is 5.03. The fraction of sp³-hybridized carbons (Fsp3) is 0.290. The molecule has 0 bridgehead atoms. The zero-order valence-electron chi connectivity index (χ0n) is 22.5. The molecule has 8 nitrogen and oxygen atoms in total. The van der Waals surface area contributed by atoms with Crippen LogP contribution in [-0.2, 0) is 21.7 Å². The molecule has 1 saturated carbocycles. The summed E-state index contributed by atoms with van der Waals surface area (Å²) in [6, 6.07) is 19.8. The van der Waals surface area contributed by atoms with Crippen LogP contribution in [0.1, 0.15) is 54.4 Å². The normalized spacial score (nSPS) is 16.4. The number of anilines is 1. The second kappa shape index (κ2) is 11.1. The van der Waals surface area contributed by atoms with Gasteiger partial charge in [-0.25, -0.2) is 4.39 Å². The van der Waals surface area contributed by atoms with Crippen molar-refractivity contribution in [2.45, 2.75) is 51.1 Å². The van der Waals surface area contributed by atoms with Gasteiger partial charge in [0.1, 0.15) is 5.82 Å². The van der Waals surface area contributed by atoms with Crippen molar-refractivity contribution >= 4 is 34.6 Å². The topological polar surface area (TPSA) is 140 Å². The number of hydrazone groups is 1. The number of hydrogen-bond donors (Lipinski definition) is 4. The second-order valence-corrected chi connectivity index (χ2v) is 10.7. The van der Waals surface area contributed by atoms with Crippen LogP contribution < -0.4 is 22.5 Å². The van der Waals surface area contributed by atoms with E-state index in [2.05, 4.69) is 10.4 Å². The molecule has 5 rings (SSSR count). The van der Waals surface area contributed by atoms with Gasteiger partial charge in [0, 0.05) is 23.8 Å². The van der Waals surface area contributed by atoms with Crippen LogP contribution in [0.5, 0.6) is 0 Å². The Morgan fingerprint density at radius 1 is 1.07 bits per heavy atom. The first-order valence-corrected chi connectivity index (χ1v) is 13.5. The van der Waals surface area contributed by atoms with E-state index in [1.54, 1.807) is 30.3 Å². The number of benzene rings is 3. The summed E-state index contributed by atoms with van der Waals surface area (Å²) >= 11 is 0. The third kappa shape index (κ3) is 5.71. The highest BCUT2D eigenvalue weighted by Crippen LogP contribution is 2.40. The quantitative estimate of drug-likeness (QED) is 0.289. The molecular formula is C31H34FN6O2+. The smallest absolute Gasteiger partial charge is 0.319 e. The van der Waals surface area contributed by atoms with Crippen LogP contribution in [0.2, 0.25) is 0 Å². The highest BCUT2D eigenvalue weighted by molar-refractivity contribution is 6.52. The highest BCUT2D eigenvalue weighted by Gasteiger charge is 2.38. The van der Waals surface area contributed by atoms with Crippen LogP contribution in [0.25, 0.3) is 0 Å². The van der Waals surface area contributed by atoms with Crippen molar-refractivity contribution < 1.29 is 18.7 Å². The van der Waals surface area contributed by atoms with Gasteiger partial charge in [0.05, 0.1) is 17.6 Å². The van der Waals surface area contributed by atoms with Crippen molar-refractivity contribution in [3.05, 3.63) is 94.8 Å². The number of nitrogens with zero attached hydrogens (tertiary/aromatic N) is 2. The van der Waals surface area contributed by atoms with Gasteiger partial charge < -0.3 is 22.5 Å². The molecule has 3 aromatic carbocycles. The van der Waals surface area contributed by atoms with Crippen LogP contribution in [0.3, 0.4) is 0 Å². The Kier molecular flexibility index (Phi) is 7.60.